The maximum Gasteiger partial charge on any atom is 0.302 e. The van der Waals surface area contributed by atoms with Crippen molar-refractivity contribution in [3.8, 4) is 0 Å². The average Bonchev–Trinajstić information content (AvgIpc) is 2.61. The van der Waals surface area contributed by atoms with Crippen LogP contribution in [0, 0.1) is 0 Å². The van der Waals surface area contributed by atoms with Gasteiger partial charge in [-0.15, -0.1) is 0 Å². The van der Waals surface area contributed by atoms with Gasteiger partial charge in [0.1, 0.15) is 6.10 Å². The van der Waals surface area contributed by atoms with Crippen LogP contribution < -0.4 is 0 Å². The van der Waals surface area contributed by atoms with Crippen molar-refractivity contribution in [1.82, 2.24) is 0 Å². The van der Waals surface area contributed by atoms with E-state index in [4.69, 9.17) is 9.47 Å². The van der Waals surface area contributed by atoms with Crippen LogP contribution >= 0.6 is 0 Å². The van der Waals surface area contributed by atoms with Gasteiger partial charge >= 0.3 is 5.97 Å². The molecule has 0 amide bonds. The Kier molecular flexibility index (Phi) is 5.44. The first-order valence-corrected chi connectivity index (χ1v) is 8.31. The minimum atomic E-state index is -0.237. The molecule has 0 N–H and O–H groups in total. The lowest BCUT2D eigenvalue weighted by atomic mass is 9.95. The molecule has 1 saturated heterocycles. The van der Waals surface area contributed by atoms with E-state index in [9.17, 15) is 4.79 Å². The quantitative estimate of drug-likeness (QED) is 0.775. The van der Waals surface area contributed by atoms with E-state index in [1.54, 1.807) is 0 Å². The van der Waals surface area contributed by atoms with Crippen molar-refractivity contribution in [2.75, 3.05) is 0 Å². The summed E-state index contributed by atoms with van der Waals surface area (Å²) in [5.74, 6) is -0.237. The van der Waals surface area contributed by atoms with E-state index in [0.717, 1.165) is 11.1 Å². The molecule has 0 spiro atoms. The molecule has 1 aliphatic heterocycles. The summed E-state index contributed by atoms with van der Waals surface area (Å²) in [7, 11) is 0. The van der Waals surface area contributed by atoms with Crippen molar-refractivity contribution in [1.29, 1.82) is 0 Å². The molecule has 0 aliphatic carbocycles. The highest BCUT2D eigenvalue weighted by atomic mass is 16.6. The van der Waals surface area contributed by atoms with Crippen LogP contribution in [0.1, 0.15) is 37.0 Å². The second-order valence-corrected chi connectivity index (χ2v) is 6.05. The van der Waals surface area contributed by atoms with Crippen molar-refractivity contribution in [3.63, 3.8) is 0 Å². The summed E-state index contributed by atoms with van der Waals surface area (Å²) in [5.41, 5.74) is 2.25. The van der Waals surface area contributed by atoms with E-state index in [0.29, 0.717) is 12.8 Å². The Morgan fingerprint density at radius 3 is 2.38 bits per heavy atom. The topological polar surface area (TPSA) is 35.5 Å². The third-order valence-corrected chi connectivity index (χ3v) is 4.12. The zero-order valence-electron chi connectivity index (χ0n) is 13.8. The van der Waals surface area contributed by atoms with Gasteiger partial charge in [-0.2, -0.15) is 0 Å². The number of benzene rings is 2. The molecule has 3 rings (SSSR count). The fraction of sp³-hybridized carbons (Fsp3) is 0.286. The lowest BCUT2D eigenvalue weighted by Gasteiger charge is -2.34. The van der Waals surface area contributed by atoms with Gasteiger partial charge in [0, 0.05) is 19.8 Å². The van der Waals surface area contributed by atoms with E-state index in [1.165, 1.54) is 6.92 Å². The van der Waals surface area contributed by atoms with Crippen LogP contribution in [0.25, 0.3) is 6.08 Å². The molecule has 3 heteroatoms. The molecule has 0 bridgehead atoms. The summed E-state index contributed by atoms with van der Waals surface area (Å²) >= 11 is 0. The van der Waals surface area contributed by atoms with E-state index in [2.05, 4.69) is 36.4 Å². The predicted octanol–water partition coefficient (Wildman–Crippen LogP) is 4.55. The normalized spacial score (nSPS) is 24.0. The Hall–Kier alpha value is -2.39. The first-order chi connectivity index (χ1) is 11.7. The Labute approximate surface area is 142 Å². The van der Waals surface area contributed by atoms with Gasteiger partial charge in [0.05, 0.1) is 12.2 Å². The van der Waals surface area contributed by atoms with Crippen LogP contribution in [0.4, 0.5) is 0 Å². The van der Waals surface area contributed by atoms with Crippen molar-refractivity contribution in [2.45, 2.75) is 38.1 Å². The van der Waals surface area contributed by atoms with Gasteiger partial charge in [-0.05, 0) is 11.1 Å². The van der Waals surface area contributed by atoms with E-state index in [1.807, 2.05) is 36.4 Å². The maximum atomic E-state index is 11.4. The number of carbonyl (C=O) groups excluding carboxylic acids is 1. The van der Waals surface area contributed by atoms with E-state index in [-0.39, 0.29) is 24.3 Å². The third-order valence-electron chi connectivity index (χ3n) is 4.12. The fourth-order valence-corrected chi connectivity index (χ4v) is 3.04. The van der Waals surface area contributed by atoms with Gasteiger partial charge in [0.2, 0.25) is 0 Å². The van der Waals surface area contributed by atoms with E-state index >= 15 is 0 Å². The molecule has 0 aromatic heterocycles. The summed E-state index contributed by atoms with van der Waals surface area (Å²) in [6.45, 7) is 1.46. The average molecular weight is 322 g/mol. The van der Waals surface area contributed by atoms with Crippen molar-refractivity contribution in [2.24, 2.45) is 0 Å². The van der Waals surface area contributed by atoms with Gasteiger partial charge in [-0.1, -0.05) is 72.8 Å². The number of rotatable bonds is 4. The predicted molar refractivity (Wildman–Crippen MR) is 94.3 cm³/mol. The van der Waals surface area contributed by atoms with Gasteiger partial charge in [-0.25, -0.2) is 0 Å². The Morgan fingerprint density at radius 2 is 1.71 bits per heavy atom. The molecule has 3 nitrogen and oxygen atoms in total. The minimum Gasteiger partial charge on any atom is -0.462 e. The summed E-state index contributed by atoms with van der Waals surface area (Å²) < 4.78 is 11.7. The van der Waals surface area contributed by atoms with Gasteiger partial charge in [-0.3, -0.25) is 4.79 Å². The highest BCUT2D eigenvalue weighted by Gasteiger charge is 2.30. The first-order valence-electron chi connectivity index (χ1n) is 8.31. The Bertz CT molecular complexity index is 679. The molecule has 0 saturated carbocycles. The largest absolute Gasteiger partial charge is 0.462 e. The number of ether oxygens (including phenoxy) is 2. The zero-order chi connectivity index (χ0) is 16.8. The van der Waals surface area contributed by atoms with Crippen LogP contribution in [-0.2, 0) is 14.3 Å². The van der Waals surface area contributed by atoms with Crippen molar-refractivity contribution in [3.05, 3.63) is 77.9 Å². The Balaban J connectivity index is 1.75. The van der Waals surface area contributed by atoms with Crippen LogP contribution in [-0.4, -0.2) is 18.2 Å². The van der Waals surface area contributed by atoms with Crippen LogP contribution in [0.3, 0.4) is 0 Å². The molecule has 0 unspecified atom stereocenters. The lowest BCUT2D eigenvalue weighted by Crippen LogP contribution is -2.33. The van der Waals surface area contributed by atoms with Crippen LogP contribution in [0.15, 0.2) is 66.7 Å². The Morgan fingerprint density at radius 1 is 1.04 bits per heavy atom. The van der Waals surface area contributed by atoms with Crippen LogP contribution in [0.5, 0.6) is 0 Å². The summed E-state index contributed by atoms with van der Waals surface area (Å²) in [5, 5.41) is 0. The molecule has 124 valence electrons. The summed E-state index contributed by atoms with van der Waals surface area (Å²) in [6.07, 6.45) is 5.24. The highest BCUT2D eigenvalue weighted by Crippen LogP contribution is 2.33. The number of hydrogen-bond acceptors (Lipinski definition) is 3. The smallest absolute Gasteiger partial charge is 0.302 e. The second-order valence-electron chi connectivity index (χ2n) is 6.05. The molecular weight excluding hydrogens is 300 g/mol. The minimum absolute atomic E-state index is 0.0604. The zero-order valence-corrected chi connectivity index (χ0v) is 13.8. The first kappa shape index (κ1) is 16.5. The van der Waals surface area contributed by atoms with E-state index < -0.39 is 0 Å². The lowest BCUT2D eigenvalue weighted by molar-refractivity contribution is -0.156. The molecule has 0 radical (unpaired) electrons. The second kappa shape index (κ2) is 7.93. The fourth-order valence-electron chi connectivity index (χ4n) is 3.04. The molecule has 3 atom stereocenters. The van der Waals surface area contributed by atoms with Gasteiger partial charge in [0.25, 0.3) is 0 Å². The van der Waals surface area contributed by atoms with Crippen molar-refractivity contribution >= 4 is 12.0 Å². The molecule has 2 aromatic carbocycles. The highest BCUT2D eigenvalue weighted by molar-refractivity contribution is 5.66. The number of hydrogen-bond donors (Lipinski definition) is 0. The SMILES string of the molecule is CC(=O)O[C@H]1C[C@@H](c2ccccc2)O[C@@H](/C=C/c2ccccc2)C1. The van der Waals surface area contributed by atoms with Crippen molar-refractivity contribution < 1.29 is 14.3 Å². The third kappa shape index (κ3) is 4.56. The summed E-state index contributed by atoms with van der Waals surface area (Å²) in [4.78, 5) is 11.4. The number of carbonyl (C=O) groups is 1. The van der Waals surface area contributed by atoms with Crippen LogP contribution in [0.2, 0.25) is 0 Å². The summed E-state index contributed by atoms with van der Waals surface area (Å²) in [6, 6.07) is 20.2. The molecule has 24 heavy (non-hydrogen) atoms. The molecule has 1 fully saturated rings. The maximum absolute atomic E-state index is 11.4. The van der Waals surface area contributed by atoms with Gasteiger partial charge in [0.15, 0.2) is 0 Å². The molecule has 1 aliphatic rings. The molecular formula is C21H22O3. The molecule has 2 aromatic rings. The monoisotopic (exact) mass is 322 g/mol. The standard InChI is InChI=1S/C21H22O3/c1-16(22)23-20-14-19(13-12-17-8-4-2-5-9-17)24-21(15-20)18-10-6-3-7-11-18/h2-13,19-21H,14-15H2,1H3/b13-12+/t19-,20+,21-/m0/s1. The number of esters is 1. The molecule has 1 heterocycles. The van der Waals surface area contributed by atoms with Gasteiger partial charge < -0.3 is 9.47 Å².